The van der Waals surface area contributed by atoms with E-state index in [9.17, 15) is 9.90 Å². The Balaban J connectivity index is 1.92. The van der Waals surface area contributed by atoms with Crippen molar-refractivity contribution in [1.29, 1.82) is 0 Å². The fraction of sp³-hybridized carbons (Fsp3) is 0.0588. The molecule has 128 valence electrons. The lowest BCUT2D eigenvalue weighted by Crippen LogP contribution is -2.19. The summed E-state index contributed by atoms with van der Waals surface area (Å²) in [6.45, 7) is 0. The molecule has 0 aliphatic carbocycles. The maximum atomic E-state index is 12.2. The van der Waals surface area contributed by atoms with Crippen LogP contribution in [0.4, 0.5) is 5.69 Å². The first-order valence-electron chi connectivity index (χ1n) is 7.08. The number of aliphatic imine (C=N–C) groups is 1. The molecule has 25 heavy (non-hydrogen) atoms. The molecular weight excluding hydrogens is 383 g/mol. The second-order valence-corrected chi connectivity index (χ2v) is 6.85. The number of carbonyl (C=O) groups is 1. The molecule has 1 amide bonds. The van der Waals surface area contributed by atoms with Gasteiger partial charge in [-0.3, -0.25) is 4.79 Å². The number of nitrogens with zero attached hydrogens (tertiary/aromatic N) is 1. The SMILES string of the molecule is COc1ccccc1N=C1NC(=O)/C(=C/c2cc(Cl)cc(Cl)c2O)S1. The van der Waals surface area contributed by atoms with Gasteiger partial charge in [-0.25, -0.2) is 4.99 Å². The van der Waals surface area contributed by atoms with Crippen molar-refractivity contribution in [3.8, 4) is 11.5 Å². The number of rotatable bonds is 3. The number of phenolic OH excluding ortho intramolecular Hbond substituents is 1. The van der Waals surface area contributed by atoms with Gasteiger partial charge >= 0.3 is 0 Å². The topological polar surface area (TPSA) is 70.9 Å². The van der Waals surface area contributed by atoms with Crippen LogP contribution in [0.3, 0.4) is 0 Å². The fourth-order valence-corrected chi connectivity index (χ4v) is 3.48. The Kier molecular flexibility index (Phi) is 5.22. The fourth-order valence-electron chi connectivity index (χ4n) is 2.15. The summed E-state index contributed by atoms with van der Waals surface area (Å²) >= 11 is 13.0. The minimum atomic E-state index is -0.325. The smallest absolute Gasteiger partial charge is 0.264 e. The van der Waals surface area contributed by atoms with Gasteiger partial charge in [-0.05, 0) is 42.1 Å². The van der Waals surface area contributed by atoms with Gasteiger partial charge in [-0.2, -0.15) is 0 Å². The van der Waals surface area contributed by atoms with Crippen molar-refractivity contribution in [2.45, 2.75) is 0 Å². The summed E-state index contributed by atoms with van der Waals surface area (Å²) < 4.78 is 5.24. The Morgan fingerprint density at radius 1 is 1.28 bits per heavy atom. The Bertz CT molecular complexity index is 913. The molecule has 2 aromatic carbocycles. The minimum absolute atomic E-state index is 0.116. The molecule has 8 heteroatoms. The molecule has 0 aromatic heterocycles. The highest BCUT2D eigenvalue weighted by Gasteiger charge is 2.25. The average molecular weight is 395 g/mol. The Morgan fingerprint density at radius 2 is 2.04 bits per heavy atom. The zero-order valence-electron chi connectivity index (χ0n) is 12.9. The number of para-hydroxylation sites is 2. The number of benzene rings is 2. The molecular formula is C17H12Cl2N2O3S. The van der Waals surface area contributed by atoms with Gasteiger partial charge in [-0.15, -0.1) is 0 Å². The lowest BCUT2D eigenvalue weighted by Gasteiger charge is -2.04. The van der Waals surface area contributed by atoms with Gasteiger partial charge in [0.05, 0.1) is 17.0 Å². The first kappa shape index (κ1) is 17.7. The molecule has 0 saturated carbocycles. The van der Waals surface area contributed by atoms with E-state index >= 15 is 0 Å². The van der Waals surface area contributed by atoms with E-state index in [2.05, 4.69) is 10.3 Å². The number of aromatic hydroxyl groups is 1. The first-order valence-corrected chi connectivity index (χ1v) is 8.66. The van der Waals surface area contributed by atoms with Crippen LogP contribution in [0.15, 0.2) is 46.3 Å². The maximum absolute atomic E-state index is 12.2. The van der Waals surface area contributed by atoms with E-state index in [1.807, 2.05) is 12.1 Å². The Hall–Kier alpha value is -2.15. The molecule has 1 aliphatic rings. The first-order chi connectivity index (χ1) is 12.0. The van der Waals surface area contributed by atoms with Crippen LogP contribution in [0.25, 0.3) is 6.08 Å². The number of hydrogen-bond donors (Lipinski definition) is 2. The minimum Gasteiger partial charge on any atom is -0.506 e. The molecule has 0 spiro atoms. The standard InChI is InChI=1S/C17H12Cl2N2O3S/c1-24-13-5-3-2-4-12(13)20-17-21-16(23)14(25-17)7-9-6-10(18)8-11(19)15(9)22/h2-8,22H,1H3,(H,20,21,23)/b14-7-. The van der Waals surface area contributed by atoms with Gasteiger partial charge in [0.25, 0.3) is 5.91 Å². The number of halogens is 2. The monoisotopic (exact) mass is 394 g/mol. The number of phenols is 1. The molecule has 1 aliphatic heterocycles. The number of ether oxygens (including phenoxy) is 1. The predicted molar refractivity (Wildman–Crippen MR) is 102 cm³/mol. The molecule has 3 rings (SSSR count). The number of carbonyl (C=O) groups excluding carboxylic acids is 1. The highest BCUT2D eigenvalue weighted by molar-refractivity contribution is 8.18. The summed E-state index contributed by atoms with van der Waals surface area (Å²) in [6.07, 6.45) is 1.51. The van der Waals surface area contributed by atoms with Crippen LogP contribution < -0.4 is 10.1 Å². The van der Waals surface area contributed by atoms with Crippen molar-refractivity contribution >= 4 is 57.8 Å². The number of thioether (sulfide) groups is 1. The molecule has 0 atom stereocenters. The quantitative estimate of drug-likeness (QED) is 0.746. The van der Waals surface area contributed by atoms with E-state index < -0.39 is 0 Å². The second kappa shape index (κ2) is 7.39. The van der Waals surface area contributed by atoms with Gasteiger partial charge in [0.2, 0.25) is 0 Å². The van der Waals surface area contributed by atoms with Crippen LogP contribution in [-0.4, -0.2) is 23.3 Å². The van der Waals surface area contributed by atoms with Crippen molar-refractivity contribution < 1.29 is 14.6 Å². The molecule has 5 nitrogen and oxygen atoms in total. The van der Waals surface area contributed by atoms with Crippen LogP contribution >= 0.6 is 35.0 Å². The van der Waals surface area contributed by atoms with E-state index in [-0.39, 0.29) is 16.7 Å². The van der Waals surface area contributed by atoms with Crippen molar-refractivity contribution in [2.24, 2.45) is 4.99 Å². The summed E-state index contributed by atoms with van der Waals surface area (Å²) in [4.78, 5) is 16.9. The third-order valence-corrected chi connectivity index (χ3v) is 4.72. The van der Waals surface area contributed by atoms with Crippen LogP contribution in [-0.2, 0) is 4.79 Å². The van der Waals surface area contributed by atoms with E-state index in [0.29, 0.717) is 32.1 Å². The lowest BCUT2D eigenvalue weighted by atomic mass is 10.2. The third kappa shape index (κ3) is 3.92. The molecule has 0 bridgehead atoms. The van der Waals surface area contributed by atoms with Gasteiger partial charge in [0.1, 0.15) is 17.2 Å². The molecule has 0 unspecified atom stereocenters. The molecule has 1 saturated heterocycles. The summed E-state index contributed by atoms with van der Waals surface area (Å²) in [5, 5.41) is 13.6. The normalized spacial score (nSPS) is 17.2. The van der Waals surface area contributed by atoms with Crippen LogP contribution in [0, 0.1) is 0 Å². The highest BCUT2D eigenvalue weighted by Crippen LogP contribution is 2.36. The third-order valence-electron chi connectivity index (χ3n) is 3.30. The van der Waals surface area contributed by atoms with Gasteiger partial charge in [0.15, 0.2) is 5.17 Å². The largest absolute Gasteiger partial charge is 0.506 e. The number of amides is 1. The zero-order chi connectivity index (χ0) is 18.0. The summed E-state index contributed by atoms with van der Waals surface area (Å²) in [5.74, 6) is 0.137. The van der Waals surface area contributed by atoms with Crippen LogP contribution in [0.5, 0.6) is 11.5 Å². The molecule has 1 fully saturated rings. The second-order valence-electron chi connectivity index (χ2n) is 4.98. The van der Waals surface area contributed by atoms with Crippen molar-refractivity contribution in [3.05, 3.63) is 56.9 Å². The summed E-state index contributed by atoms with van der Waals surface area (Å²) in [7, 11) is 1.55. The number of methoxy groups -OCH3 is 1. The maximum Gasteiger partial charge on any atom is 0.264 e. The molecule has 2 aromatic rings. The zero-order valence-corrected chi connectivity index (χ0v) is 15.2. The van der Waals surface area contributed by atoms with Crippen LogP contribution in [0.1, 0.15) is 5.56 Å². The Labute approximate surface area is 158 Å². The average Bonchev–Trinajstić information content (AvgIpc) is 2.92. The van der Waals surface area contributed by atoms with Crippen molar-refractivity contribution in [2.75, 3.05) is 7.11 Å². The molecule has 1 heterocycles. The van der Waals surface area contributed by atoms with E-state index in [1.54, 1.807) is 19.2 Å². The van der Waals surface area contributed by atoms with Gasteiger partial charge in [0, 0.05) is 10.6 Å². The highest BCUT2D eigenvalue weighted by atomic mass is 35.5. The number of amidine groups is 1. The predicted octanol–water partition coefficient (Wildman–Crippen LogP) is 4.60. The summed E-state index contributed by atoms with van der Waals surface area (Å²) in [5.41, 5.74) is 0.955. The van der Waals surface area contributed by atoms with Crippen LogP contribution in [0.2, 0.25) is 10.0 Å². The number of nitrogens with one attached hydrogen (secondary N) is 1. The van der Waals surface area contributed by atoms with E-state index in [0.717, 1.165) is 11.8 Å². The number of hydrogen-bond acceptors (Lipinski definition) is 5. The lowest BCUT2D eigenvalue weighted by molar-refractivity contribution is -0.115. The van der Waals surface area contributed by atoms with Crippen molar-refractivity contribution in [1.82, 2.24) is 5.32 Å². The summed E-state index contributed by atoms with van der Waals surface area (Å²) in [6, 6.07) is 10.2. The van der Waals surface area contributed by atoms with Gasteiger partial charge in [-0.1, -0.05) is 35.3 Å². The van der Waals surface area contributed by atoms with E-state index in [1.165, 1.54) is 18.2 Å². The molecule has 0 radical (unpaired) electrons. The molecule has 2 N–H and O–H groups in total. The Morgan fingerprint density at radius 3 is 2.80 bits per heavy atom. The van der Waals surface area contributed by atoms with Gasteiger partial charge < -0.3 is 15.2 Å². The van der Waals surface area contributed by atoms with E-state index in [4.69, 9.17) is 27.9 Å². The van der Waals surface area contributed by atoms with Crippen molar-refractivity contribution in [3.63, 3.8) is 0 Å².